The molecule has 4 aromatic carbocycles. The van der Waals surface area contributed by atoms with Gasteiger partial charge in [-0.1, -0.05) is 56.8 Å². The fraction of sp³-hybridized carbons (Fsp3) is 0.222. The standard InChI is InChI=1S/C28H33N7O2.C24H22B2N6O5.C2H6/c1-6-27(36)31-22-16-23(26(37-7-2)17-25(22)34(4)15-14-29-3)33-28-30-13-12-21(32-28)20-18-35(5)24-11-9-8-10-19(20)24;1-27-16-10-20(37-2)18(9-17(16)29-22(34)11-21(25)33)31-23-28-8-7-15(30-23)14-12-32(24(26,35)36)19-6-4-3-5-13(14)19;1-2/h6,8-13,16-18,29H,1,7,14-15H2,2-5H3,(H,31,36)(H,30,32,33);3-12,27,33,35-36H,1-2H3,(H,29,34)(H,28,30,31);1-2H3/b;21-11+;. The molecule has 0 unspecified atom stereocenters. The van der Waals surface area contributed by atoms with Gasteiger partial charge in [-0.25, -0.2) is 19.9 Å². The molecular weight excluding hydrogens is 964 g/mol. The maximum absolute atomic E-state index is 12.2. The van der Waals surface area contributed by atoms with E-state index in [4.69, 9.17) is 35.3 Å². The van der Waals surface area contributed by atoms with E-state index in [9.17, 15) is 19.8 Å². The minimum Gasteiger partial charge on any atom is -0.524 e. The number of ether oxygens (including phenoxy) is 2. The Morgan fingerprint density at radius 3 is 1.92 bits per heavy atom. The first-order valence-corrected chi connectivity index (χ1v) is 24.1. The lowest BCUT2D eigenvalue weighted by Gasteiger charge is -2.25. The van der Waals surface area contributed by atoms with Crippen LogP contribution in [0.2, 0.25) is 0 Å². The van der Waals surface area contributed by atoms with E-state index in [-0.39, 0.29) is 11.9 Å². The number of anilines is 8. The predicted octanol–water partition coefficient (Wildman–Crippen LogP) is 7.70. The van der Waals surface area contributed by atoms with Crippen LogP contribution >= 0.6 is 0 Å². The molecule has 390 valence electrons. The second-order valence-electron chi connectivity index (χ2n) is 16.5. The fourth-order valence-electron chi connectivity index (χ4n) is 7.98. The minimum atomic E-state index is -2.61. The average molecular weight is 1030 g/mol. The number of para-hydroxylation sites is 2. The normalized spacial score (nSPS) is 11.1. The fourth-order valence-corrected chi connectivity index (χ4v) is 7.98. The summed E-state index contributed by atoms with van der Waals surface area (Å²) in [7, 11) is 19.8. The van der Waals surface area contributed by atoms with Gasteiger partial charge in [0.05, 0.1) is 64.7 Å². The SMILES string of the molecule is C=CC(=O)Nc1cc(Nc2nccc(-c3cn(C)c4ccccc34)n2)c(OCC)cc1N(C)CCNC.CC.[B]/C(O)=C\C(=O)Nc1cc(Nc2nccc(-c3cn(C([B])(O)O)c4ccccc34)n2)c(OC)cc1NC. The molecule has 0 atom stereocenters. The summed E-state index contributed by atoms with van der Waals surface area (Å²) >= 11 is 0. The molecule has 8 rings (SSSR count). The van der Waals surface area contributed by atoms with E-state index in [1.807, 2.05) is 84.4 Å². The van der Waals surface area contributed by atoms with E-state index in [1.54, 1.807) is 43.6 Å². The van der Waals surface area contributed by atoms with Gasteiger partial charge < -0.3 is 70.7 Å². The predicted molar refractivity (Wildman–Crippen MR) is 304 cm³/mol. The summed E-state index contributed by atoms with van der Waals surface area (Å²) in [5.74, 6) is -1.86. The molecule has 0 saturated heterocycles. The van der Waals surface area contributed by atoms with Gasteiger partial charge in [0, 0.05) is 110 Å². The summed E-state index contributed by atoms with van der Waals surface area (Å²) in [5, 5.41) is 49.0. The number of likely N-dealkylation sites (N-methyl/N-ethyl adjacent to an activating group) is 2. The molecule has 22 heteroatoms. The molecule has 0 aliphatic carbocycles. The molecule has 0 bridgehead atoms. The molecular formula is C54H61B2N13O7. The molecule has 0 fully saturated rings. The largest absolute Gasteiger partial charge is 0.524 e. The van der Waals surface area contributed by atoms with Crippen molar-refractivity contribution in [1.29, 1.82) is 0 Å². The lowest BCUT2D eigenvalue weighted by Crippen LogP contribution is -2.32. The topological polar surface area (TPSA) is 250 Å². The number of aromatic nitrogens is 6. The van der Waals surface area contributed by atoms with Crippen LogP contribution in [0.25, 0.3) is 44.3 Å². The number of aryl methyl sites for hydroxylation is 1. The van der Waals surface area contributed by atoms with Crippen molar-refractivity contribution in [2.75, 3.05) is 79.4 Å². The Morgan fingerprint density at radius 2 is 1.36 bits per heavy atom. The summed E-state index contributed by atoms with van der Waals surface area (Å²) in [5.41, 5.74) is 7.35. The zero-order chi connectivity index (χ0) is 55.1. The number of carbonyl (C=O) groups is 2. The van der Waals surface area contributed by atoms with Crippen LogP contribution in [0.1, 0.15) is 20.8 Å². The van der Waals surface area contributed by atoms with Crippen LogP contribution in [0, 0.1) is 0 Å². The number of aliphatic hydroxyl groups excluding tert-OH is 1. The number of hydrogen-bond donors (Lipinski definition) is 9. The monoisotopic (exact) mass is 1030 g/mol. The van der Waals surface area contributed by atoms with Crippen molar-refractivity contribution in [3.8, 4) is 34.0 Å². The first kappa shape index (κ1) is 56.4. The van der Waals surface area contributed by atoms with Crippen molar-refractivity contribution in [3.05, 3.63) is 134 Å². The van der Waals surface area contributed by atoms with E-state index >= 15 is 0 Å². The Labute approximate surface area is 443 Å². The van der Waals surface area contributed by atoms with Crippen molar-refractivity contribution in [2.24, 2.45) is 7.05 Å². The first-order chi connectivity index (χ1) is 36.5. The van der Waals surface area contributed by atoms with Gasteiger partial charge in [-0.05, 0) is 56.4 Å². The number of hydrogen-bond acceptors (Lipinski definition) is 16. The van der Waals surface area contributed by atoms with Crippen molar-refractivity contribution >= 4 is 95.3 Å². The van der Waals surface area contributed by atoms with Gasteiger partial charge in [0.1, 0.15) is 11.5 Å². The Bertz CT molecular complexity index is 3350. The molecule has 0 spiro atoms. The van der Waals surface area contributed by atoms with Crippen molar-refractivity contribution < 1.29 is 34.4 Å². The average Bonchev–Trinajstić information content (AvgIpc) is 3.99. The maximum Gasteiger partial charge on any atom is 0.250 e. The number of nitrogens with zero attached hydrogens (tertiary/aromatic N) is 7. The molecule has 2 amide bonds. The summed E-state index contributed by atoms with van der Waals surface area (Å²) < 4.78 is 14.7. The number of fused-ring (bicyclic) bond motifs is 2. The molecule has 9 N–H and O–H groups in total. The van der Waals surface area contributed by atoms with Gasteiger partial charge in [-0.3, -0.25) is 9.59 Å². The molecule has 0 saturated carbocycles. The third kappa shape index (κ3) is 13.6. The van der Waals surface area contributed by atoms with Crippen LogP contribution in [0.3, 0.4) is 0 Å². The third-order valence-corrected chi connectivity index (χ3v) is 11.4. The highest BCUT2D eigenvalue weighted by atomic mass is 16.5. The summed E-state index contributed by atoms with van der Waals surface area (Å²) in [6, 6.07) is 25.9. The summed E-state index contributed by atoms with van der Waals surface area (Å²) in [6.45, 7) is 11.5. The maximum atomic E-state index is 12.2. The van der Waals surface area contributed by atoms with Gasteiger partial charge in [0.25, 0.3) is 5.91 Å². The highest BCUT2D eigenvalue weighted by Gasteiger charge is 2.23. The number of methoxy groups -OCH3 is 1. The second kappa shape index (κ2) is 25.9. The molecule has 20 nitrogen and oxygen atoms in total. The van der Waals surface area contributed by atoms with Gasteiger partial charge in [0.15, 0.2) is 21.5 Å². The lowest BCUT2D eigenvalue weighted by molar-refractivity contribution is -0.148. The van der Waals surface area contributed by atoms with Gasteiger partial charge in [-0.2, -0.15) is 0 Å². The molecule has 8 aromatic rings. The van der Waals surface area contributed by atoms with Crippen LogP contribution in [0.15, 0.2) is 134 Å². The minimum absolute atomic E-state index is 0.202. The van der Waals surface area contributed by atoms with Gasteiger partial charge >= 0.3 is 0 Å². The van der Waals surface area contributed by atoms with E-state index in [0.29, 0.717) is 74.7 Å². The smallest absolute Gasteiger partial charge is 0.250 e. The van der Waals surface area contributed by atoms with Crippen LogP contribution in [0.5, 0.6) is 11.5 Å². The Balaban J connectivity index is 0.000000239. The van der Waals surface area contributed by atoms with Crippen LogP contribution < -0.4 is 46.3 Å². The Morgan fingerprint density at radius 1 is 0.789 bits per heavy atom. The second-order valence-corrected chi connectivity index (χ2v) is 16.5. The third-order valence-electron chi connectivity index (χ3n) is 11.4. The molecule has 76 heavy (non-hydrogen) atoms. The summed E-state index contributed by atoms with van der Waals surface area (Å²) in [6.07, 6.45) is 8.92. The van der Waals surface area contributed by atoms with Crippen LogP contribution in [-0.2, 0) is 22.4 Å². The molecule has 0 aliphatic heterocycles. The van der Waals surface area contributed by atoms with Gasteiger partial charge in [0.2, 0.25) is 17.8 Å². The van der Waals surface area contributed by atoms with Gasteiger partial charge in [-0.15, -0.1) is 0 Å². The van der Waals surface area contributed by atoms with Crippen LogP contribution in [0.4, 0.5) is 46.0 Å². The zero-order valence-corrected chi connectivity index (χ0v) is 43.6. The number of nitrogens with one attached hydrogen (secondary N) is 6. The quantitative estimate of drug-likeness (QED) is 0.0163. The Hall–Kier alpha value is -8.85. The highest BCUT2D eigenvalue weighted by Crippen LogP contribution is 2.40. The van der Waals surface area contributed by atoms with Crippen molar-refractivity contribution in [3.63, 3.8) is 0 Å². The number of benzene rings is 4. The molecule has 0 aliphatic rings. The highest BCUT2D eigenvalue weighted by molar-refractivity contribution is 6.22. The number of carbonyl (C=O) groups excluding carboxylic acids is 2. The number of aliphatic hydroxyl groups is 3. The Kier molecular flexibility index (Phi) is 19.2. The van der Waals surface area contributed by atoms with Crippen molar-refractivity contribution in [1.82, 2.24) is 34.4 Å². The van der Waals surface area contributed by atoms with E-state index in [1.165, 1.54) is 25.6 Å². The van der Waals surface area contributed by atoms with Crippen molar-refractivity contribution in [2.45, 2.75) is 26.6 Å². The number of rotatable bonds is 19. The summed E-state index contributed by atoms with van der Waals surface area (Å²) in [4.78, 5) is 44.5. The lowest BCUT2D eigenvalue weighted by atomic mass is 10.0. The van der Waals surface area contributed by atoms with E-state index < -0.39 is 17.4 Å². The van der Waals surface area contributed by atoms with E-state index in [2.05, 4.69) is 81.2 Å². The zero-order valence-electron chi connectivity index (χ0n) is 43.6. The molecule has 4 heterocycles. The number of amides is 2. The van der Waals surface area contributed by atoms with E-state index in [0.717, 1.165) is 51.6 Å². The molecule has 4 radical (unpaired) electrons. The first-order valence-electron chi connectivity index (χ1n) is 24.1. The van der Waals surface area contributed by atoms with Crippen LogP contribution in [-0.4, -0.2) is 120 Å². The molecule has 4 aromatic heterocycles.